The third-order valence-corrected chi connectivity index (χ3v) is 5.38. The second-order valence-electron chi connectivity index (χ2n) is 8.33. The SMILES string of the molecule is CCCCN(C(=O)Cn1c(C)cc2ccccc21)c1c(N)n(CC(C)C)c(=O)[nH]c1=O. The smallest absolute Gasteiger partial charge is 0.330 e. The van der Waals surface area contributed by atoms with Gasteiger partial charge in [-0.2, -0.15) is 0 Å². The Morgan fingerprint density at radius 3 is 2.58 bits per heavy atom. The minimum atomic E-state index is -0.638. The Labute approximate surface area is 181 Å². The molecular formula is C23H31N5O3. The number of carbonyl (C=O) groups is 1. The van der Waals surface area contributed by atoms with Crippen molar-refractivity contribution in [1.29, 1.82) is 0 Å². The summed E-state index contributed by atoms with van der Waals surface area (Å²) in [7, 11) is 0. The minimum Gasteiger partial charge on any atom is -0.383 e. The van der Waals surface area contributed by atoms with Crippen LogP contribution in [-0.4, -0.2) is 26.6 Å². The number of para-hydroxylation sites is 1. The van der Waals surface area contributed by atoms with Crippen molar-refractivity contribution in [2.24, 2.45) is 5.92 Å². The van der Waals surface area contributed by atoms with Crippen molar-refractivity contribution in [3.63, 3.8) is 0 Å². The molecule has 2 aromatic heterocycles. The highest BCUT2D eigenvalue weighted by molar-refractivity contribution is 5.96. The first-order valence-corrected chi connectivity index (χ1v) is 10.7. The third-order valence-electron chi connectivity index (χ3n) is 5.38. The number of nitrogen functional groups attached to an aromatic ring is 1. The maximum absolute atomic E-state index is 13.4. The maximum Gasteiger partial charge on any atom is 0.330 e. The van der Waals surface area contributed by atoms with Gasteiger partial charge in [-0.05, 0) is 36.8 Å². The van der Waals surface area contributed by atoms with E-state index >= 15 is 0 Å². The van der Waals surface area contributed by atoms with Crippen LogP contribution in [0.3, 0.4) is 0 Å². The Balaban J connectivity index is 2.06. The summed E-state index contributed by atoms with van der Waals surface area (Å²) in [6.45, 7) is 8.65. The van der Waals surface area contributed by atoms with Gasteiger partial charge >= 0.3 is 5.69 Å². The average molecular weight is 426 g/mol. The summed E-state index contributed by atoms with van der Waals surface area (Å²) in [6.07, 6.45) is 1.55. The molecule has 0 atom stereocenters. The van der Waals surface area contributed by atoms with Crippen molar-refractivity contribution in [3.05, 3.63) is 56.9 Å². The van der Waals surface area contributed by atoms with Crippen LogP contribution in [0.1, 0.15) is 39.3 Å². The Kier molecular flexibility index (Phi) is 6.68. The van der Waals surface area contributed by atoms with Crippen LogP contribution in [-0.2, 0) is 17.9 Å². The lowest BCUT2D eigenvalue weighted by molar-refractivity contribution is -0.119. The van der Waals surface area contributed by atoms with Gasteiger partial charge in [-0.1, -0.05) is 45.4 Å². The van der Waals surface area contributed by atoms with Crippen molar-refractivity contribution in [1.82, 2.24) is 14.1 Å². The van der Waals surface area contributed by atoms with Crippen LogP contribution in [0.5, 0.6) is 0 Å². The number of fused-ring (bicyclic) bond motifs is 1. The Morgan fingerprint density at radius 1 is 1.19 bits per heavy atom. The van der Waals surface area contributed by atoms with E-state index in [0.717, 1.165) is 23.0 Å². The lowest BCUT2D eigenvalue weighted by atomic mass is 10.2. The molecule has 1 amide bonds. The fourth-order valence-corrected chi connectivity index (χ4v) is 3.84. The predicted octanol–water partition coefficient (Wildman–Crippen LogP) is 2.87. The topological polar surface area (TPSA) is 106 Å². The highest BCUT2D eigenvalue weighted by Gasteiger charge is 2.25. The molecule has 2 heterocycles. The van der Waals surface area contributed by atoms with E-state index in [2.05, 4.69) is 4.98 Å². The normalized spacial score (nSPS) is 11.4. The lowest BCUT2D eigenvalue weighted by Gasteiger charge is -2.25. The van der Waals surface area contributed by atoms with E-state index < -0.39 is 11.2 Å². The molecule has 0 spiro atoms. The molecule has 0 saturated carbocycles. The van der Waals surface area contributed by atoms with Crippen molar-refractivity contribution in [3.8, 4) is 0 Å². The number of aromatic nitrogens is 3. The van der Waals surface area contributed by atoms with Crippen LogP contribution >= 0.6 is 0 Å². The number of hydrogen-bond donors (Lipinski definition) is 2. The number of nitrogens with two attached hydrogens (primary N) is 1. The maximum atomic E-state index is 13.4. The van der Waals surface area contributed by atoms with Gasteiger partial charge in [0.25, 0.3) is 5.56 Å². The number of aryl methyl sites for hydroxylation is 1. The number of nitrogens with one attached hydrogen (secondary N) is 1. The summed E-state index contributed by atoms with van der Waals surface area (Å²) in [5.74, 6) is -0.0710. The molecule has 0 aliphatic carbocycles. The van der Waals surface area contributed by atoms with Gasteiger partial charge in [0.15, 0.2) is 5.69 Å². The van der Waals surface area contributed by atoms with Crippen LogP contribution in [0.2, 0.25) is 0 Å². The van der Waals surface area contributed by atoms with Gasteiger partial charge in [0.05, 0.1) is 0 Å². The van der Waals surface area contributed by atoms with Gasteiger partial charge in [-0.3, -0.25) is 19.1 Å². The molecule has 0 radical (unpaired) electrons. The summed E-state index contributed by atoms with van der Waals surface area (Å²) in [5, 5.41) is 1.05. The van der Waals surface area contributed by atoms with E-state index in [1.165, 1.54) is 9.47 Å². The van der Waals surface area contributed by atoms with Gasteiger partial charge in [0.1, 0.15) is 12.4 Å². The molecule has 8 nitrogen and oxygen atoms in total. The van der Waals surface area contributed by atoms with Gasteiger partial charge in [-0.25, -0.2) is 4.79 Å². The molecule has 1 aromatic carbocycles. The van der Waals surface area contributed by atoms with E-state index in [4.69, 9.17) is 5.73 Å². The molecular weight excluding hydrogens is 394 g/mol. The van der Waals surface area contributed by atoms with Crippen LogP contribution in [0, 0.1) is 12.8 Å². The summed E-state index contributed by atoms with van der Waals surface area (Å²) in [5.41, 5.74) is 7.04. The van der Waals surface area contributed by atoms with Crippen LogP contribution in [0.15, 0.2) is 39.9 Å². The zero-order valence-electron chi connectivity index (χ0n) is 18.6. The third kappa shape index (κ3) is 4.57. The Morgan fingerprint density at radius 2 is 1.90 bits per heavy atom. The van der Waals surface area contributed by atoms with Crippen LogP contribution < -0.4 is 21.9 Å². The van der Waals surface area contributed by atoms with Crippen molar-refractivity contribution in [2.45, 2.75) is 53.6 Å². The van der Waals surface area contributed by atoms with Crippen molar-refractivity contribution >= 4 is 28.3 Å². The molecule has 31 heavy (non-hydrogen) atoms. The number of nitrogens with zero attached hydrogens (tertiary/aromatic N) is 3. The van der Waals surface area contributed by atoms with E-state index in [-0.39, 0.29) is 29.9 Å². The highest BCUT2D eigenvalue weighted by Crippen LogP contribution is 2.22. The molecule has 0 aliphatic heterocycles. The molecule has 3 rings (SSSR count). The molecule has 0 bridgehead atoms. The number of anilines is 2. The number of aromatic amines is 1. The molecule has 3 aromatic rings. The second-order valence-corrected chi connectivity index (χ2v) is 8.33. The first kappa shape index (κ1) is 22.4. The summed E-state index contributed by atoms with van der Waals surface area (Å²) >= 11 is 0. The van der Waals surface area contributed by atoms with Crippen molar-refractivity contribution in [2.75, 3.05) is 17.2 Å². The summed E-state index contributed by atoms with van der Waals surface area (Å²) < 4.78 is 3.27. The largest absolute Gasteiger partial charge is 0.383 e. The number of rotatable bonds is 8. The van der Waals surface area contributed by atoms with E-state index in [1.807, 2.05) is 62.6 Å². The lowest BCUT2D eigenvalue weighted by Crippen LogP contribution is -2.43. The molecule has 0 fully saturated rings. The Bertz CT molecular complexity index is 1200. The molecule has 8 heteroatoms. The first-order chi connectivity index (χ1) is 14.7. The van der Waals surface area contributed by atoms with Gasteiger partial charge in [-0.15, -0.1) is 0 Å². The van der Waals surface area contributed by atoms with Gasteiger partial charge in [0.2, 0.25) is 5.91 Å². The van der Waals surface area contributed by atoms with E-state index in [1.54, 1.807) is 0 Å². The molecule has 0 unspecified atom stereocenters. The van der Waals surface area contributed by atoms with Gasteiger partial charge in [0, 0.05) is 24.3 Å². The number of carbonyl (C=O) groups excluding carboxylic acids is 1. The monoisotopic (exact) mass is 425 g/mol. The molecule has 0 aliphatic rings. The fourth-order valence-electron chi connectivity index (χ4n) is 3.84. The number of benzene rings is 1. The molecule has 0 saturated heterocycles. The number of amides is 1. The van der Waals surface area contributed by atoms with Crippen LogP contribution in [0.25, 0.3) is 10.9 Å². The Hall–Kier alpha value is -3.29. The molecule has 166 valence electrons. The number of H-pyrrole nitrogens is 1. The first-order valence-electron chi connectivity index (χ1n) is 10.7. The predicted molar refractivity (Wildman–Crippen MR) is 125 cm³/mol. The fraction of sp³-hybridized carbons (Fsp3) is 0.435. The highest BCUT2D eigenvalue weighted by atomic mass is 16.2. The standard InChI is InChI=1S/C23H31N5O3/c1-5-6-11-26(20-21(24)28(13-15(2)3)23(31)25-22(20)30)19(29)14-27-16(4)12-17-9-7-8-10-18(17)27/h7-10,12,15H,5-6,11,13-14,24H2,1-4H3,(H,25,30,31). The van der Waals surface area contributed by atoms with E-state index in [9.17, 15) is 14.4 Å². The quantitative estimate of drug-likeness (QED) is 0.579. The summed E-state index contributed by atoms with van der Waals surface area (Å²) in [4.78, 5) is 42.3. The minimum absolute atomic E-state index is 0.0287. The van der Waals surface area contributed by atoms with Crippen LogP contribution in [0.4, 0.5) is 11.5 Å². The number of hydrogen-bond acceptors (Lipinski definition) is 4. The molecule has 3 N–H and O–H groups in total. The van der Waals surface area contributed by atoms with Crippen molar-refractivity contribution < 1.29 is 4.79 Å². The summed E-state index contributed by atoms with van der Waals surface area (Å²) in [6, 6.07) is 9.89. The van der Waals surface area contributed by atoms with E-state index in [0.29, 0.717) is 19.5 Å². The average Bonchev–Trinajstić information content (AvgIpc) is 3.02. The zero-order chi connectivity index (χ0) is 22.7. The zero-order valence-corrected chi connectivity index (χ0v) is 18.6. The number of unbranched alkanes of at least 4 members (excludes halogenated alkanes) is 1. The van der Waals surface area contributed by atoms with Gasteiger partial charge < -0.3 is 15.2 Å². The second kappa shape index (κ2) is 9.24.